The zero-order valence-corrected chi connectivity index (χ0v) is 11.1. The van der Waals surface area contributed by atoms with Gasteiger partial charge >= 0.3 is 5.97 Å². The Bertz CT molecular complexity index is 671. The predicted octanol–water partition coefficient (Wildman–Crippen LogP) is -0.866. The molecule has 1 amide bonds. The second kappa shape index (κ2) is 5.10. The molecule has 9 heteroatoms. The summed E-state index contributed by atoms with van der Waals surface area (Å²) >= 11 is 0. The van der Waals surface area contributed by atoms with Gasteiger partial charge in [-0.2, -0.15) is 0 Å². The van der Waals surface area contributed by atoms with Gasteiger partial charge in [-0.05, 0) is 18.2 Å². The van der Waals surface area contributed by atoms with Crippen LogP contribution in [-0.4, -0.2) is 38.0 Å². The lowest BCUT2D eigenvalue weighted by molar-refractivity contribution is -0.119. The van der Waals surface area contributed by atoms with Crippen molar-refractivity contribution in [3.63, 3.8) is 0 Å². The summed E-state index contributed by atoms with van der Waals surface area (Å²) in [5.41, 5.74) is 5.33. The molecule has 1 fully saturated rings. The van der Waals surface area contributed by atoms with Gasteiger partial charge < -0.3 is 16.2 Å². The molecule has 0 saturated carbocycles. The maximum atomic E-state index is 12.1. The van der Waals surface area contributed by atoms with E-state index in [2.05, 4.69) is 10.0 Å². The van der Waals surface area contributed by atoms with Gasteiger partial charge in [-0.1, -0.05) is 0 Å². The molecule has 1 aromatic rings. The monoisotopic (exact) mass is 299 g/mol. The first-order valence-corrected chi connectivity index (χ1v) is 7.20. The van der Waals surface area contributed by atoms with Crippen molar-refractivity contribution in [1.29, 1.82) is 0 Å². The lowest BCUT2D eigenvalue weighted by Crippen LogP contribution is -2.36. The Morgan fingerprint density at radius 1 is 1.45 bits per heavy atom. The highest BCUT2D eigenvalue weighted by molar-refractivity contribution is 7.89. The van der Waals surface area contributed by atoms with Crippen LogP contribution in [0.25, 0.3) is 0 Å². The molecule has 1 aliphatic rings. The first kappa shape index (κ1) is 14.3. The molecule has 0 radical (unpaired) electrons. The summed E-state index contributed by atoms with van der Waals surface area (Å²) in [5, 5.41) is 11.3. The number of carbonyl (C=O) groups is 2. The van der Waals surface area contributed by atoms with Gasteiger partial charge in [0.2, 0.25) is 15.9 Å². The molecule has 0 aliphatic carbocycles. The van der Waals surface area contributed by atoms with Crippen molar-refractivity contribution < 1.29 is 23.1 Å². The van der Waals surface area contributed by atoms with Gasteiger partial charge in [0.15, 0.2) is 0 Å². The number of anilines is 1. The van der Waals surface area contributed by atoms with Crippen molar-refractivity contribution in [2.45, 2.75) is 17.4 Å². The van der Waals surface area contributed by atoms with E-state index in [1.54, 1.807) is 0 Å². The van der Waals surface area contributed by atoms with Crippen molar-refractivity contribution in [3.8, 4) is 0 Å². The fourth-order valence-corrected chi connectivity index (χ4v) is 3.25. The van der Waals surface area contributed by atoms with Crippen molar-refractivity contribution in [2.75, 3.05) is 12.3 Å². The van der Waals surface area contributed by atoms with Crippen LogP contribution < -0.4 is 15.8 Å². The fourth-order valence-electron chi connectivity index (χ4n) is 1.90. The summed E-state index contributed by atoms with van der Waals surface area (Å²) in [6.45, 7) is 0.213. The lowest BCUT2D eigenvalue weighted by atomic mass is 10.2. The maximum Gasteiger partial charge on any atom is 0.335 e. The van der Waals surface area contributed by atoms with Gasteiger partial charge in [-0.25, -0.2) is 17.9 Å². The van der Waals surface area contributed by atoms with Gasteiger partial charge in [-0.15, -0.1) is 0 Å². The lowest BCUT2D eigenvalue weighted by Gasteiger charge is -2.13. The van der Waals surface area contributed by atoms with Crippen molar-refractivity contribution in [2.24, 2.45) is 0 Å². The number of carbonyl (C=O) groups excluding carboxylic acids is 1. The first-order valence-electron chi connectivity index (χ1n) is 5.71. The SMILES string of the molecule is Nc1cc(C(=O)O)ccc1S(=O)(=O)NC1CNC(=O)C1. The zero-order valence-electron chi connectivity index (χ0n) is 10.3. The third-order valence-electron chi connectivity index (χ3n) is 2.85. The summed E-state index contributed by atoms with van der Waals surface area (Å²) in [6.07, 6.45) is 0.0618. The molecule has 1 unspecified atom stereocenters. The predicted molar refractivity (Wildman–Crippen MR) is 69.5 cm³/mol. The highest BCUT2D eigenvalue weighted by Gasteiger charge is 2.28. The van der Waals surface area contributed by atoms with Crippen LogP contribution in [0, 0.1) is 0 Å². The molecule has 0 aromatic heterocycles. The number of carboxylic acids is 1. The molecule has 8 nitrogen and oxygen atoms in total. The van der Waals surface area contributed by atoms with E-state index in [1.807, 2.05) is 0 Å². The van der Waals surface area contributed by atoms with Gasteiger partial charge in [-0.3, -0.25) is 4.79 Å². The fraction of sp³-hybridized carbons (Fsp3) is 0.273. The molecular weight excluding hydrogens is 286 g/mol. The first-order chi connectivity index (χ1) is 9.29. The van der Waals surface area contributed by atoms with Crippen LogP contribution in [0.4, 0.5) is 5.69 Å². The summed E-state index contributed by atoms with van der Waals surface area (Å²) in [6, 6.07) is 2.83. The van der Waals surface area contributed by atoms with Gasteiger partial charge in [0.05, 0.1) is 11.3 Å². The molecule has 0 spiro atoms. The van der Waals surface area contributed by atoms with Gasteiger partial charge in [0.25, 0.3) is 0 Å². The molecule has 1 saturated heterocycles. The number of nitrogens with one attached hydrogen (secondary N) is 2. The van der Waals surface area contributed by atoms with Crippen LogP contribution in [0.3, 0.4) is 0 Å². The number of amides is 1. The average molecular weight is 299 g/mol. The Labute approximate surface area is 115 Å². The summed E-state index contributed by atoms with van der Waals surface area (Å²) in [4.78, 5) is 21.6. The Balaban J connectivity index is 2.25. The number of sulfonamides is 1. The topological polar surface area (TPSA) is 139 Å². The van der Waals surface area contributed by atoms with E-state index in [9.17, 15) is 18.0 Å². The standard InChI is InChI=1S/C11H13N3O5S/c12-8-3-6(11(16)17)1-2-9(8)20(18,19)14-7-4-10(15)13-5-7/h1-3,7,14H,4-5,12H2,(H,13,15)(H,16,17). The normalized spacial score (nSPS) is 18.8. The molecular formula is C11H13N3O5S. The molecule has 20 heavy (non-hydrogen) atoms. The van der Waals surface area contributed by atoms with E-state index in [0.717, 1.165) is 18.2 Å². The number of carboxylic acid groups (broad SMARTS) is 1. The number of hydrogen-bond donors (Lipinski definition) is 4. The minimum Gasteiger partial charge on any atom is -0.478 e. The van der Waals surface area contributed by atoms with Crippen LogP contribution in [0.15, 0.2) is 23.1 Å². The number of nitrogens with two attached hydrogens (primary N) is 1. The van der Waals surface area contributed by atoms with Crippen LogP contribution in [0.5, 0.6) is 0 Å². The number of benzene rings is 1. The van der Waals surface area contributed by atoms with E-state index < -0.39 is 22.0 Å². The summed E-state index contributed by atoms with van der Waals surface area (Å²) in [7, 11) is -3.90. The Morgan fingerprint density at radius 2 is 2.15 bits per heavy atom. The summed E-state index contributed by atoms with van der Waals surface area (Å²) < 4.78 is 26.6. The second-order valence-corrected chi connectivity index (χ2v) is 6.07. The third-order valence-corrected chi connectivity index (χ3v) is 4.44. The van der Waals surface area contributed by atoms with Crippen molar-refractivity contribution in [1.82, 2.24) is 10.0 Å². The Kier molecular flexibility index (Phi) is 3.64. The van der Waals surface area contributed by atoms with Crippen LogP contribution in [0.1, 0.15) is 16.8 Å². The Morgan fingerprint density at radius 3 is 2.65 bits per heavy atom. The molecule has 1 aromatic carbocycles. The zero-order chi connectivity index (χ0) is 14.9. The third kappa shape index (κ3) is 2.89. The highest BCUT2D eigenvalue weighted by atomic mass is 32.2. The summed E-state index contributed by atoms with van der Waals surface area (Å²) in [5.74, 6) is -1.42. The molecule has 1 atom stereocenters. The number of hydrogen-bond acceptors (Lipinski definition) is 5. The quantitative estimate of drug-likeness (QED) is 0.533. The molecule has 0 bridgehead atoms. The minimum atomic E-state index is -3.90. The van der Waals surface area contributed by atoms with E-state index >= 15 is 0 Å². The van der Waals surface area contributed by atoms with E-state index in [-0.39, 0.29) is 35.0 Å². The molecule has 5 N–H and O–H groups in total. The number of rotatable bonds is 4. The molecule has 108 valence electrons. The number of aromatic carboxylic acids is 1. The molecule has 2 rings (SSSR count). The second-order valence-electron chi connectivity index (χ2n) is 4.38. The van der Waals surface area contributed by atoms with Crippen molar-refractivity contribution >= 4 is 27.6 Å². The van der Waals surface area contributed by atoms with Crippen molar-refractivity contribution in [3.05, 3.63) is 23.8 Å². The Hall–Kier alpha value is -2.13. The largest absolute Gasteiger partial charge is 0.478 e. The van der Waals surface area contributed by atoms with E-state index in [0.29, 0.717) is 0 Å². The maximum absolute atomic E-state index is 12.1. The highest BCUT2D eigenvalue weighted by Crippen LogP contribution is 2.20. The minimum absolute atomic E-state index is 0.0618. The number of nitrogen functional groups attached to an aromatic ring is 1. The van der Waals surface area contributed by atoms with Crippen LogP contribution in [0.2, 0.25) is 0 Å². The van der Waals surface area contributed by atoms with Gasteiger partial charge in [0.1, 0.15) is 4.90 Å². The van der Waals surface area contributed by atoms with Crippen LogP contribution >= 0.6 is 0 Å². The molecule has 1 aliphatic heterocycles. The van der Waals surface area contributed by atoms with E-state index in [4.69, 9.17) is 10.8 Å². The molecule has 1 heterocycles. The smallest absolute Gasteiger partial charge is 0.335 e. The average Bonchev–Trinajstić information content (AvgIpc) is 2.73. The van der Waals surface area contributed by atoms with E-state index in [1.165, 1.54) is 0 Å². The van der Waals surface area contributed by atoms with Gasteiger partial charge in [0, 0.05) is 19.0 Å². The van der Waals surface area contributed by atoms with Crippen LogP contribution in [-0.2, 0) is 14.8 Å².